The van der Waals surface area contributed by atoms with E-state index in [9.17, 15) is 23.1 Å². The molecule has 2 aromatic heterocycles. The summed E-state index contributed by atoms with van der Waals surface area (Å²) in [5.41, 5.74) is -3.87. The van der Waals surface area contributed by atoms with E-state index >= 15 is 0 Å². The van der Waals surface area contributed by atoms with E-state index in [2.05, 4.69) is 4.98 Å². The Balaban J connectivity index is 2.32. The number of rotatable bonds is 2. The van der Waals surface area contributed by atoms with Crippen LogP contribution in [0.2, 0.25) is 0 Å². The fourth-order valence-corrected chi connectivity index (χ4v) is 2.43. The minimum Gasteiger partial charge on any atom is -0.457 e. The van der Waals surface area contributed by atoms with Gasteiger partial charge in [-0.3, -0.25) is 4.79 Å². The largest absolute Gasteiger partial charge is 0.457 e. The van der Waals surface area contributed by atoms with Crippen molar-refractivity contribution in [1.82, 2.24) is 4.98 Å². The number of fused-ring (bicyclic) bond motifs is 1. The van der Waals surface area contributed by atoms with E-state index in [1.807, 2.05) is 0 Å². The Morgan fingerprint density at radius 2 is 1.91 bits per heavy atom. The van der Waals surface area contributed by atoms with Crippen molar-refractivity contribution in [2.45, 2.75) is 18.7 Å². The van der Waals surface area contributed by atoms with E-state index < -0.39 is 28.7 Å². The fourth-order valence-electron chi connectivity index (χ4n) is 2.43. The Kier molecular flexibility index (Phi) is 3.33. The number of hydrogen-bond acceptors (Lipinski definition) is 3. The predicted molar refractivity (Wildman–Crippen MR) is 77.1 cm³/mol. The first-order valence-corrected chi connectivity index (χ1v) is 6.71. The first kappa shape index (κ1) is 15.4. The Morgan fingerprint density at radius 1 is 1.17 bits per heavy atom. The van der Waals surface area contributed by atoms with Gasteiger partial charge >= 0.3 is 6.18 Å². The van der Waals surface area contributed by atoms with Gasteiger partial charge in [0.05, 0.1) is 11.1 Å². The summed E-state index contributed by atoms with van der Waals surface area (Å²) >= 11 is 0. The van der Waals surface area contributed by atoms with Crippen LogP contribution >= 0.6 is 0 Å². The maximum Gasteiger partial charge on any atom is 0.430 e. The molecule has 4 nitrogen and oxygen atoms in total. The number of benzene rings is 1. The number of alkyl halides is 3. The zero-order valence-corrected chi connectivity index (χ0v) is 11.9. The lowest BCUT2D eigenvalue weighted by molar-refractivity contribution is -0.255. The van der Waals surface area contributed by atoms with Crippen LogP contribution in [-0.2, 0) is 5.60 Å². The monoisotopic (exact) mass is 323 g/mol. The molecule has 0 amide bonds. The van der Waals surface area contributed by atoms with E-state index in [-0.39, 0.29) is 11.0 Å². The molecule has 0 aliphatic rings. The molecule has 3 aromatic rings. The molecule has 1 aromatic carbocycles. The van der Waals surface area contributed by atoms with Crippen molar-refractivity contribution in [1.29, 1.82) is 0 Å². The minimum absolute atomic E-state index is 0.0210. The Morgan fingerprint density at radius 3 is 2.52 bits per heavy atom. The van der Waals surface area contributed by atoms with Crippen molar-refractivity contribution in [3.05, 3.63) is 69.8 Å². The van der Waals surface area contributed by atoms with Crippen LogP contribution in [0.3, 0.4) is 0 Å². The second-order valence-corrected chi connectivity index (χ2v) is 5.27. The Labute approximate surface area is 128 Å². The van der Waals surface area contributed by atoms with E-state index in [1.54, 1.807) is 13.0 Å². The first-order chi connectivity index (χ1) is 10.7. The molecule has 3 rings (SSSR count). The molecule has 1 atom stereocenters. The highest BCUT2D eigenvalue weighted by molar-refractivity contribution is 5.77. The van der Waals surface area contributed by atoms with Crippen LogP contribution in [0.25, 0.3) is 11.0 Å². The molecule has 0 aliphatic heterocycles. The number of aromatic nitrogens is 1. The van der Waals surface area contributed by atoms with Crippen LogP contribution in [-0.4, -0.2) is 16.3 Å². The summed E-state index contributed by atoms with van der Waals surface area (Å²) in [5.74, 6) is -0.881. The number of H-pyrrole nitrogens is 1. The van der Waals surface area contributed by atoms with Crippen molar-refractivity contribution in [3.8, 4) is 0 Å². The fraction of sp³-hybridized carbons (Fsp3) is 0.188. The second kappa shape index (κ2) is 4.99. The smallest absolute Gasteiger partial charge is 0.430 e. The highest BCUT2D eigenvalue weighted by Crippen LogP contribution is 2.43. The number of aromatic amines is 1. The molecule has 120 valence electrons. The molecule has 0 saturated carbocycles. The summed E-state index contributed by atoms with van der Waals surface area (Å²) in [6, 6.07) is 7.60. The number of halogens is 3. The molecular weight excluding hydrogens is 311 g/mol. The quantitative estimate of drug-likeness (QED) is 0.761. The molecule has 2 N–H and O–H groups in total. The summed E-state index contributed by atoms with van der Waals surface area (Å²) in [6.45, 7) is 1.75. The molecule has 0 fully saturated rings. The van der Waals surface area contributed by atoms with Crippen LogP contribution in [0.1, 0.15) is 17.0 Å². The molecule has 0 radical (unpaired) electrons. The van der Waals surface area contributed by atoms with E-state index in [0.29, 0.717) is 6.07 Å². The van der Waals surface area contributed by atoms with Crippen molar-refractivity contribution in [2.75, 3.05) is 0 Å². The van der Waals surface area contributed by atoms with Gasteiger partial charge in [-0.2, -0.15) is 13.2 Å². The van der Waals surface area contributed by atoms with Gasteiger partial charge in [-0.15, -0.1) is 0 Å². The van der Waals surface area contributed by atoms with Gasteiger partial charge < -0.3 is 14.5 Å². The van der Waals surface area contributed by atoms with E-state index in [1.165, 1.54) is 24.4 Å². The topological polar surface area (TPSA) is 66.2 Å². The number of hydrogen-bond donors (Lipinski definition) is 2. The van der Waals surface area contributed by atoms with Crippen molar-refractivity contribution in [2.24, 2.45) is 0 Å². The molecule has 23 heavy (non-hydrogen) atoms. The second-order valence-electron chi connectivity index (χ2n) is 5.27. The highest BCUT2D eigenvalue weighted by Gasteiger charge is 2.59. The standard InChI is InChI=1S/C16H12F3NO3/c1-9-4-5-12-10(7-9)11(21)8-14(23-12)15(22,16(17,18)19)13-3-2-6-20-13/h2-8,20,22H,1H3. The van der Waals surface area contributed by atoms with Crippen LogP contribution in [0.4, 0.5) is 13.2 Å². The number of aryl methyl sites for hydroxylation is 1. The third-order valence-electron chi connectivity index (χ3n) is 3.64. The average Bonchev–Trinajstić information content (AvgIpc) is 3.00. The lowest BCUT2D eigenvalue weighted by Crippen LogP contribution is -2.44. The van der Waals surface area contributed by atoms with Crippen molar-refractivity contribution >= 4 is 11.0 Å². The van der Waals surface area contributed by atoms with E-state index in [4.69, 9.17) is 4.42 Å². The van der Waals surface area contributed by atoms with E-state index in [0.717, 1.165) is 11.6 Å². The van der Waals surface area contributed by atoms with Gasteiger partial charge in [-0.05, 0) is 31.2 Å². The molecule has 0 spiro atoms. The normalized spacial score (nSPS) is 14.8. The maximum atomic E-state index is 13.5. The molecule has 2 heterocycles. The lowest BCUT2D eigenvalue weighted by Gasteiger charge is -2.28. The van der Waals surface area contributed by atoms with Crippen molar-refractivity contribution in [3.63, 3.8) is 0 Å². The zero-order chi connectivity index (χ0) is 16.8. The van der Waals surface area contributed by atoms with Crippen LogP contribution in [0.5, 0.6) is 0 Å². The van der Waals surface area contributed by atoms with Crippen LogP contribution in [0.15, 0.2) is 51.8 Å². The first-order valence-electron chi connectivity index (χ1n) is 6.71. The summed E-state index contributed by atoms with van der Waals surface area (Å²) in [4.78, 5) is 14.5. The summed E-state index contributed by atoms with van der Waals surface area (Å²) < 4.78 is 45.8. The van der Waals surface area contributed by atoms with Gasteiger partial charge in [0.1, 0.15) is 5.58 Å². The minimum atomic E-state index is -5.08. The Hall–Kier alpha value is -2.54. The van der Waals surface area contributed by atoms with Gasteiger partial charge in [0.2, 0.25) is 0 Å². The molecular formula is C16H12F3NO3. The maximum absolute atomic E-state index is 13.5. The van der Waals surface area contributed by atoms with Gasteiger partial charge in [-0.25, -0.2) is 0 Å². The predicted octanol–water partition coefficient (Wildman–Crippen LogP) is 3.23. The molecule has 0 bridgehead atoms. The van der Waals surface area contributed by atoms with Gasteiger partial charge in [0, 0.05) is 12.3 Å². The summed E-state index contributed by atoms with van der Waals surface area (Å²) in [6.07, 6.45) is -3.83. The zero-order valence-electron chi connectivity index (χ0n) is 11.9. The SMILES string of the molecule is Cc1ccc2oc(C(O)(c3ccc[nH]3)C(F)(F)F)cc(=O)c2c1. The van der Waals surface area contributed by atoms with Crippen LogP contribution in [0, 0.1) is 6.92 Å². The Bertz CT molecular complexity index is 912. The average molecular weight is 323 g/mol. The molecule has 7 heteroatoms. The molecule has 0 aliphatic carbocycles. The van der Waals surface area contributed by atoms with Gasteiger partial charge in [-0.1, -0.05) is 11.6 Å². The summed E-state index contributed by atoms with van der Waals surface area (Å²) in [7, 11) is 0. The third kappa shape index (κ3) is 2.33. The number of aliphatic hydroxyl groups is 1. The van der Waals surface area contributed by atoms with Crippen molar-refractivity contribution < 1.29 is 22.7 Å². The van der Waals surface area contributed by atoms with Gasteiger partial charge in [0.15, 0.2) is 11.2 Å². The van der Waals surface area contributed by atoms with Gasteiger partial charge in [0.25, 0.3) is 5.60 Å². The third-order valence-corrected chi connectivity index (χ3v) is 3.64. The summed E-state index contributed by atoms with van der Waals surface area (Å²) in [5, 5.41) is 10.5. The number of nitrogens with one attached hydrogen (secondary N) is 1. The van der Waals surface area contributed by atoms with Crippen LogP contribution < -0.4 is 5.43 Å². The highest BCUT2D eigenvalue weighted by atomic mass is 19.4. The molecule has 1 unspecified atom stereocenters. The lowest BCUT2D eigenvalue weighted by atomic mass is 9.95. The molecule has 0 saturated heterocycles.